The van der Waals surface area contributed by atoms with Crippen molar-refractivity contribution in [3.05, 3.63) is 10.6 Å². The maximum atomic E-state index is 4.72. The summed E-state index contributed by atoms with van der Waals surface area (Å²) in [6, 6.07) is 1.05. The van der Waals surface area contributed by atoms with Gasteiger partial charge in [-0.1, -0.05) is 27.7 Å². The van der Waals surface area contributed by atoms with Crippen molar-refractivity contribution in [1.82, 2.24) is 10.3 Å². The molecule has 1 heterocycles. The topological polar surface area (TPSA) is 28.2 Å². The van der Waals surface area contributed by atoms with E-state index >= 15 is 0 Å². The van der Waals surface area contributed by atoms with Crippen molar-refractivity contribution in [3.63, 3.8) is 0 Å². The molecule has 0 spiro atoms. The standard InChI is InChI=1S/C15H29N3S/c1-10(2)8-12(5)18(7)15-17-13(6)14(19-15)9-16-11(3)4/h10-12,16H,8-9H2,1-7H3. The number of hydrogen-bond donors (Lipinski definition) is 1. The monoisotopic (exact) mass is 283 g/mol. The molecule has 1 atom stereocenters. The molecule has 0 aliphatic carbocycles. The fraction of sp³-hybridized carbons (Fsp3) is 0.800. The molecule has 0 aliphatic rings. The first kappa shape index (κ1) is 16.4. The second kappa shape index (κ2) is 7.25. The van der Waals surface area contributed by atoms with Crippen LogP contribution < -0.4 is 10.2 Å². The Kier molecular flexibility index (Phi) is 6.27. The van der Waals surface area contributed by atoms with Crippen molar-refractivity contribution in [2.24, 2.45) is 5.92 Å². The zero-order chi connectivity index (χ0) is 14.6. The number of nitrogens with zero attached hydrogens (tertiary/aromatic N) is 2. The molecule has 0 aromatic carbocycles. The number of aromatic nitrogens is 1. The molecule has 1 aromatic heterocycles. The smallest absolute Gasteiger partial charge is 0.185 e. The van der Waals surface area contributed by atoms with E-state index in [9.17, 15) is 0 Å². The van der Waals surface area contributed by atoms with Crippen LogP contribution in [0.2, 0.25) is 0 Å². The van der Waals surface area contributed by atoms with E-state index in [1.807, 2.05) is 11.3 Å². The van der Waals surface area contributed by atoms with Crippen LogP contribution in [0.15, 0.2) is 0 Å². The minimum Gasteiger partial charge on any atom is -0.348 e. The molecular formula is C15H29N3S. The number of rotatable bonds is 7. The van der Waals surface area contributed by atoms with Gasteiger partial charge in [0.15, 0.2) is 5.13 Å². The molecule has 1 rings (SSSR count). The Balaban J connectivity index is 2.70. The van der Waals surface area contributed by atoms with Gasteiger partial charge in [-0.2, -0.15) is 0 Å². The van der Waals surface area contributed by atoms with Crippen molar-refractivity contribution < 1.29 is 0 Å². The number of nitrogens with one attached hydrogen (secondary N) is 1. The highest BCUT2D eigenvalue weighted by Gasteiger charge is 2.16. The summed E-state index contributed by atoms with van der Waals surface area (Å²) in [6.45, 7) is 14.2. The van der Waals surface area contributed by atoms with E-state index in [4.69, 9.17) is 4.98 Å². The van der Waals surface area contributed by atoms with Gasteiger partial charge in [0, 0.05) is 30.6 Å². The van der Waals surface area contributed by atoms with Gasteiger partial charge < -0.3 is 10.2 Å². The van der Waals surface area contributed by atoms with E-state index < -0.39 is 0 Å². The SMILES string of the molecule is Cc1nc(N(C)C(C)CC(C)C)sc1CNC(C)C. The van der Waals surface area contributed by atoms with E-state index in [-0.39, 0.29) is 0 Å². The molecule has 0 saturated heterocycles. The molecule has 110 valence electrons. The normalized spacial score (nSPS) is 13.3. The molecule has 3 nitrogen and oxygen atoms in total. The molecule has 19 heavy (non-hydrogen) atoms. The summed E-state index contributed by atoms with van der Waals surface area (Å²) < 4.78 is 0. The lowest BCUT2D eigenvalue weighted by atomic mass is 10.0. The van der Waals surface area contributed by atoms with E-state index in [0.717, 1.165) is 23.3 Å². The van der Waals surface area contributed by atoms with Gasteiger partial charge in [0.2, 0.25) is 0 Å². The zero-order valence-corrected chi connectivity index (χ0v) is 14.3. The average molecular weight is 283 g/mol. The Hall–Kier alpha value is -0.610. The van der Waals surface area contributed by atoms with Gasteiger partial charge in [-0.15, -0.1) is 11.3 Å². The minimum absolute atomic E-state index is 0.516. The summed E-state index contributed by atoms with van der Waals surface area (Å²) >= 11 is 1.82. The summed E-state index contributed by atoms with van der Waals surface area (Å²) in [5, 5.41) is 4.61. The lowest BCUT2D eigenvalue weighted by Gasteiger charge is -2.25. The maximum absolute atomic E-state index is 4.72. The van der Waals surface area contributed by atoms with Crippen LogP contribution in [0.4, 0.5) is 5.13 Å². The zero-order valence-electron chi connectivity index (χ0n) is 13.4. The highest BCUT2D eigenvalue weighted by Crippen LogP contribution is 2.27. The summed E-state index contributed by atoms with van der Waals surface area (Å²) in [7, 11) is 2.16. The molecule has 0 radical (unpaired) electrons. The van der Waals surface area contributed by atoms with Crippen LogP contribution in [-0.2, 0) is 6.54 Å². The van der Waals surface area contributed by atoms with Gasteiger partial charge in [-0.25, -0.2) is 4.98 Å². The Bertz CT molecular complexity index is 385. The van der Waals surface area contributed by atoms with Crippen LogP contribution in [0, 0.1) is 12.8 Å². The molecule has 1 aromatic rings. The number of anilines is 1. The Morgan fingerprint density at radius 1 is 1.21 bits per heavy atom. The van der Waals surface area contributed by atoms with E-state index in [2.05, 4.69) is 58.8 Å². The van der Waals surface area contributed by atoms with Crippen LogP contribution >= 0.6 is 11.3 Å². The quantitative estimate of drug-likeness (QED) is 0.824. The van der Waals surface area contributed by atoms with Crippen LogP contribution in [0.25, 0.3) is 0 Å². The van der Waals surface area contributed by atoms with Gasteiger partial charge in [0.05, 0.1) is 5.69 Å². The summed E-state index contributed by atoms with van der Waals surface area (Å²) in [5.74, 6) is 0.723. The summed E-state index contributed by atoms with van der Waals surface area (Å²) in [6.07, 6.45) is 1.20. The van der Waals surface area contributed by atoms with E-state index in [1.54, 1.807) is 0 Å². The van der Waals surface area contributed by atoms with Crippen LogP contribution in [0.3, 0.4) is 0 Å². The molecule has 0 bridgehead atoms. The van der Waals surface area contributed by atoms with Crippen molar-refractivity contribution in [2.75, 3.05) is 11.9 Å². The predicted octanol–water partition coefficient (Wildman–Crippen LogP) is 3.82. The molecule has 0 fully saturated rings. The highest BCUT2D eigenvalue weighted by atomic mass is 32.1. The first-order chi connectivity index (χ1) is 8.81. The van der Waals surface area contributed by atoms with Gasteiger partial charge >= 0.3 is 0 Å². The molecular weight excluding hydrogens is 254 g/mol. The number of aryl methyl sites for hydroxylation is 1. The molecule has 4 heteroatoms. The lowest BCUT2D eigenvalue weighted by molar-refractivity contribution is 0.503. The molecule has 1 N–H and O–H groups in total. The molecule has 0 aliphatic heterocycles. The fourth-order valence-corrected chi connectivity index (χ4v) is 3.13. The second-order valence-corrected chi connectivity index (χ2v) is 7.19. The molecule has 0 amide bonds. The third-order valence-corrected chi connectivity index (χ3v) is 4.58. The lowest BCUT2D eigenvalue weighted by Crippen LogP contribution is -2.29. The Labute approximate surface area is 122 Å². The van der Waals surface area contributed by atoms with E-state index in [1.165, 1.54) is 11.3 Å². The van der Waals surface area contributed by atoms with Crippen LogP contribution in [-0.4, -0.2) is 24.1 Å². The first-order valence-corrected chi connectivity index (χ1v) is 8.05. The van der Waals surface area contributed by atoms with Gasteiger partial charge in [0.25, 0.3) is 0 Å². The third kappa shape index (κ3) is 5.11. The van der Waals surface area contributed by atoms with Crippen molar-refractivity contribution in [2.45, 2.75) is 66.6 Å². The summed E-state index contributed by atoms with van der Waals surface area (Å²) in [4.78, 5) is 8.39. The largest absolute Gasteiger partial charge is 0.348 e. The van der Waals surface area contributed by atoms with Crippen LogP contribution in [0.5, 0.6) is 0 Å². The predicted molar refractivity (Wildman–Crippen MR) is 86.1 cm³/mol. The Morgan fingerprint density at radius 3 is 2.37 bits per heavy atom. The van der Waals surface area contributed by atoms with Crippen molar-refractivity contribution in [3.8, 4) is 0 Å². The van der Waals surface area contributed by atoms with Gasteiger partial charge in [0.1, 0.15) is 0 Å². The van der Waals surface area contributed by atoms with Gasteiger partial charge in [-0.3, -0.25) is 0 Å². The van der Waals surface area contributed by atoms with Crippen molar-refractivity contribution in [1.29, 1.82) is 0 Å². The molecule has 0 saturated carbocycles. The number of thiazole rings is 1. The minimum atomic E-state index is 0.516. The fourth-order valence-electron chi connectivity index (χ4n) is 2.05. The first-order valence-electron chi connectivity index (χ1n) is 7.23. The average Bonchev–Trinajstić information content (AvgIpc) is 2.66. The van der Waals surface area contributed by atoms with Crippen molar-refractivity contribution >= 4 is 16.5 Å². The Morgan fingerprint density at radius 2 is 1.84 bits per heavy atom. The number of hydrogen-bond acceptors (Lipinski definition) is 4. The third-order valence-electron chi connectivity index (χ3n) is 3.33. The second-order valence-electron chi connectivity index (χ2n) is 6.13. The summed E-state index contributed by atoms with van der Waals surface area (Å²) in [5.41, 5.74) is 1.16. The highest BCUT2D eigenvalue weighted by molar-refractivity contribution is 7.15. The molecule has 1 unspecified atom stereocenters. The van der Waals surface area contributed by atoms with Crippen LogP contribution in [0.1, 0.15) is 51.6 Å². The maximum Gasteiger partial charge on any atom is 0.185 e. The van der Waals surface area contributed by atoms with E-state index in [0.29, 0.717) is 12.1 Å². The van der Waals surface area contributed by atoms with Gasteiger partial charge in [-0.05, 0) is 26.2 Å².